The summed E-state index contributed by atoms with van der Waals surface area (Å²) in [4.78, 5) is 16.9. The van der Waals surface area contributed by atoms with Gasteiger partial charge in [0, 0.05) is 20.1 Å². The highest BCUT2D eigenvalue weighted by molar-refractivity contribution is 5.77. The van der Waals surface area contributed by atoms with Crippen molar-refractivity contribution in [2.45, 2.75) is 73.3 Å². The molecular formula is C29H44N2O2. The van der Waals surface area contributed by atoms with Crippen molar-refractivity contribution in [2.24, 2.45) is 17.3 Å². The number of hydrogen-bond acceptors (Lipinski definition) is 2. The van der Waals surface area contributed by atoms with Crippen molar-refractivity contribution in [3.8, 4) is 5.75 Å². The Morgan fingerprint density at radius 2 is 1.85 bits per heavy atom. The van der Waals surface area contributed by atoms with Gasteiger partial charge in [0.15, 0.2) is 0 Å². The van der Waals surface area contributed by atoms with Gasteiger partial charge >= 0.3 is 6.03 Å². The third-order valence-electron chi connectivity index (χ3n) is 7.40. The molecule has 0 bridgehead atoms. The highest BCUT2D eigenvalue weighted by atomic mass is 16.5. The van der Waals surface area contributed by atoms with Crippen LogP contribution in [-0.2, 0) is 6.42 Å². The number of carbonyl (C=O) groups excluding carboxylic acids is 1. The molecule has 0 radical (unpaired) electrons. The summed E-state index contributed by atoms with van der Waals surface area (Å²) >= 11 is 0. The topological polar surface area (TPSA) is 32.8 Å². The summed E-state index contributed by atoms with van der Waals surface area (Å²) < 4.78 is 5.36. The van der Waals surface area contributed by atoms with Gasteiger partial charge in [0.05, 0.1) is 13.2 Å². The molecule has 3 unspecified atom stereocenters. The largest absolute Gasteiger partial charge is 0.496 e. The predicted octanol–water partition coefficient (Wildman–Crippen LogP) is 6.64. The van der Waals surface area contributed by atoms with Crippen LogP contribution in [0.2, 0.25) is 0 Å². The quantitative estimate of drug-likeness (QED) is 0.465. The normalized spacial score (nSPS) is 24.0. The number of fused-ring (bicyclic) bond motifs is 1. The number of ether oxygens (including phenoxy) is 1. The number of allylic oxidation sites excluding steroid dienone is 3. The van der Waals surface area contributed by atoms with Crippen LogP contribution in [0.4, 0.5) is 4.79 Å². The van der Waals surface area contributed by atoms with E-state index < -0.39 is 0 Å². The number of nitrogens with zero attached hydrogens (tertiary/aromatic N) is 2. The number of hydrogen-bond donors (Lipinski definition) is 0. The SMILES string of the molecule is CC.COc1ccc(CCCC2CN(CC3=CC=C(C(C)(C)C)C4CC34)C(=O)N2C)cc1C. The molecular weight excluding hydrogens is 408 g/mol. The van der Waals surface area contributed by atoms with E-state index in [1.165, 1.54) is 23.1 Å². The third kappa shape index (κ3) is 5.65. The molecule has 3 atom stereocenters. The highest BCUT2D eigenvalue weighted by Crippen LogP contribution is 2.55. The van der Waals surface area contributed by atoms with Crippen LogP contribution in [0.25, 0.3) is 0 Å². The molecule has 1 aromatic carbocycles. The van der Waals surface area contributed by atoms with Crippen LogP contribution >= 0.6 is 0 Å². The Hall–Kier alpha value is -2.23. The zero-order valence-electron chi connectivity index (χ0n) is 22.1. The summed E-state index contributed by atoms with van der Waals surface area (Å²) in [6.45, 7) is 14.7. The van der Waals surface area contributed by atoms with Crippen LogP contribution in [-0.4, -0.2) is 49.1 Å². The van der Waals surface area contributed by atoms with E-state index in [0.717, 1.165) is 38.1 Å². The number of carbonyl (C=O) groups is 1. The number of aryl methyl sites for hydroxylation is 2. The molecule has 33 heavy (non-hydrogen) atoms. The van der Waals surface area contributed by atoms with E-state index in [9.17, 15) is 4.79 Å². The van der Waals surface area contributed by atoms with Crippen molar-refractivity contribution < 1.29 is 9.53 Å². The number of rotatable bonds is 7. The van der Waals surface area contributed by atoms with Crippen molar-refractivity contribution in [3.63, 3.8) is 0 Å². The Balaban J connectivity index is 0.00000149. The van der Waals surface area contributed by atoms with Crippen molar-refractivity contribution in [3.05, 3.63) is 52.6 Å². The van der Waals surface area contributed by atoms with Gasteiger partial charge in [-0.3, -0.25) is 0 Å². The first-order valence-electron chi connectivity index (χ1n) is 12.8. The molecule has 2 amide bonds. The molecule has 2 fully saturated rings. The van der Waals surface area contributed by atoms with E-state index in [-0.39, 0.29) is 11.4 Å². The summed E-state index contributed by atoms with van der Waals surface area (Å²) in [5, 5.41) is 0. The second-order valence-corrected chi connectivity index (χ2v) is 10.7. The predicted molar refractivity (Wildman–Crippen MR) is 138 cm³/mol. The van der Waals surface area contributed by atoms with E-state index in [1.54, 1.807) is 12.7 Å². The summed E-state index contributed by atoms with van der Waals surface area (Å²) in [6, 6.07) is 6.93. The fourth-order valence-corrected chi connectivity index (χ4v) is 5.48. The summed E-state index contributed by atoms with van der Waals surface area (Å²) in [6.07, 6.45) is 9.08. The Kier molecular flexibility index (Phi) is 7.97. The summed E-state index contributed by atoms with van der Waals surface area (Å²) in [5.41, 5.74) is 5.81. The highest BCUT2D eigenvalue weighted by Gasteiger charge is 2.47. The maximum absolute atomic E-state index is 12.9. The fraction of sp³-hybridized carbons (Fsp3) is 0.621. The number of methoxy groups -OCH3 is 1. The van der Waals surface area contributed by atoms with Gasteiger partial charge in [0.25, 0.3) is 0 Å². The molecule has 1 aromatic rings. The molecule has 3 aliphatic rings. The molecule has 182 valence electrons. The van der Waals surface area contributed by atoms with Crippen molar-refractivity contribution in [1.82, 2.24) is 9.80 Å². The minimum absolute atomic E-state index is 0.189. The lowest BCUT2D eigenvalue weighted by molar-refractivity contribution is 0.196. The molecule has 4 rings (SSSR count). The van der Waals surface area contributed by atoms with Gasteiger partial charge in [0.2, 0.25) is 0 Å². The van der Waals surface area contributed by atoms with Crippen LogP contribution in [0.15, 0.2) is 41.5 Å². The van der Waals surface area contributed by atoms with E-state index in [2.05, 4.69) is 62.9 Å². The maximum Gasteiger partial charge on any atom is 0.320 e. The lowest BCUT2D eigenvalue weighted by Crippen LogP contribution is -2.32. The zero-order chi connectivity index (χ0) is 24.3. The first-order chi connectivity index (χ1) is 15.7. The number of urea groups is 1. The molecule has 1 heterocycles. The molecule has 4 heteroatoms. The molecule has 1 aliphatic heterocycles. The lowest BCUT2D eigenvalue weighted by Gasteiger charge is -2.27. The smallest absolute Gasteiger partial charge is 0.320 e. The summed E-state index contributed by atoms with van der Waals surface area (Å²) in [7, 11) is 3.69. The fourth-order valence-electron chi connectivity index (χ4n) is 5.48. The zero-order valence-corrected chi connectivity index (χ0v) is 22.1. The molecule has 1 saturated heterocycles. The van der Waals surface area contributed by atoms with Gasteiger partial charge in [-0.25, -0.2) is 4.79 Å². The Bertz CT molecular complexity index is 909. The monoisotopic (exact) mass is 452 g/mol. The van der Waals surface area contributed by atoms with Gasteiger partial charge in [-0.1, -0.05) is 64.5 Å². The molecule has 2 aliphatic carbocycles. The second-order valence-electron chi connectivity index (χ2n) is 10.7. The Labute approximate surface area is 201 Å². The van der Waals surface area contributed by atoms with Crippen LogP contribution < -0.4 is 4.74 Å². The third-order valence-corrected chi connectivity index (χ3v) is 7.40. The van der Waals surface area contributed by atoms with Crippen molar-refractivity contribution in [2.75, 3.05) is 27.2 Å². The standard InChI is InChI=1S/C27H38N2O2.C2H6/c1-18-14-19(10-13-25(18)31-6)8-7-9-21-17-29(26(30)28(21)5)16-20-11-12-24(27(2,3)4)23-15-22(20)23;1-2/h10-14,21-23H,7-9,15-17H2,1-6H3;1-2H3. The van der Waals surface area contributed by atoms with Gasteiger partial charge in [-0.15, -0.1) is 0 Å². The Morgan fingerprint density at radius 1 is 1.12 bits per heavy atom. The molecule has 4 nitrogen and oxygen atoms in total. The first kappa shape index (κ1) is 25.4. The van der Waals surface area contributed by atoms with Gasteiger partial charge < -0.3 is 14.5 Å². The van der Waals surface area contributed by atoms with E-state index in [1.807, 2.05) is 25.8 Å². The minimum Gasteiger partial charge on any atom is -0.496 e. The minimum atomic E-state index is 0.189. The van der Waals surface area contributed by atoms with Crippen LogP contribution in [0.3, 0.4) is 0 Å². The van der Waals surface area contributed by atoms with E-state index in [4.69, 9.17) is 4.74 Å². The molecule has 0 spiro atoms. The van der Waals surface area contributed by atoms with Gasteiger partial charge in [-0.05, 0) is 72.6 Å². The van der Waals surface area contributed by atoms with Gasteiger partial charge in [0.1, 0.15) is 5.75 Å². The van der Waals surface area contributed by atoms with E-state index in [0.29, 0.717) is 17.9 Å². The lowest BCUT2D eigenvalue weighted by atomic mass is 9.80. The van der Waals surface area contributed by atoms with Gasteiger partial charge in [-0.2, -0.15) is 0 Å². The number of likely N-dealkylation sites (N-methyl/N-ethyl adjacent to an activating group) is 1. The average Bonchev–Trinajstić information content (AvgIpc) is 3.54. The average molecular weight is 453 g/mol. The molecule has 0 aromatic heterocycles. The first-order valence-corrected chi connectivity index (χ1v) is 12.8. The van der Waals surface area contributed by atoms with Crippen LogP contribution in [0.5, 0.6) is 5.75 Å². The van der Waals surface area contributed by atoms with E-state index >= 15 is 0 Å². The molecule has 1 saturated carbocycles. The second kappa shape index (κ2) is 10.4. The number of amides is 2. The van der Waals surface area contributed by atoms with Crippen molar-refractivity contribution >= 4 is 6.03 Å². The number of benzene rings is 1. The van der Waals surface area contributed by atoms with Crippen molar-refractivity contribution in [1.29, 1.82) is 0 Å². The maximum atomic E-state index is 12.9. The molecule has 0 N–H and O–H groups in total. The Morgan fingerprint density at radius 3 is 2.48 bits per heavy atom. The summed E-state index contributed by atoms with van der Waals surface area (Å²) in [5.74, 6) is 2.31. The van der Waals surface area contributed by atoms with Crippen LogP contribution in [0.1, 0.15) is 65.0 Å². The van der Waals surface area contributed by atoms with Crippen LogP contribution in [0, 0.1) is 24.2 Å².